The number of unbranched alkanes of at least 4 members (excludes halogenated alkanes) is 3. The van der Waals surface area contributed by atoms with Crippen LogP contribution in [0.2, 0.25) is 0 Å². The van der Waals surface area contributed by atoms with Crippen molar-refractivity contribution in [3.8, 4) is 5.75 Å². The standard InChI is InChI=1S/C24H33N3O5/c1-4-17(2)25-13-7-5-6-8-14-32-19-10-11-20-21(15-19)24(31)27(23(20)30)18(3)9-12-22(29)26-16-28/h10-11,15-16,18,25H,2,4-9,12-14H2,1,3H3,(H,26,28,29). The van der Waals surface area contributed by atoms with E-state index in [0.29, 0.717) is 29.9 Å². The average molecular weight is 444 g/mol. The van der Waals surface area contributed by atoms with Gasteiger partial charge in [-0.2, -0.15) is 0 Å². The molecule has 1 atom stereocenters. The van der Waals surface area contributed by atoms with Gasteiger partial charge in [0.05, 0.1) is 17.7 Å². The van der Waals surface area contributed by atoms with E-state index in [1.165, 1.54) is 4.90 Å². The van der Waals surface area contributed by atoms with Gasteiger partial charge in [0.25, 0.3) is 11.8 Å². The van der Waals surface area contributed by atoms with Crippen molar-refractivity contribution < 1.29 is 23.9 Å². The Morgan fingerprint density at radius 2 is 1.88 bits per heavy atom. The number of carbonyl (C=O) groups is 4. The summed E-state index contributed by atoms with van der Waals surface area (Å²) in [7, 11) is 0. The molecule has 32 heavy (non-hydrogen) atoms. The van der Waals surface area contributed by atoms with E-state index in [1.54, 1.807) is 25.1 Å². The Kier molecular flexibility index (Phi) is 9.91. The first-order valence-corrected chi connectivity index (χ1v) is 11.2. The van der Waals surface area contributed by atoms with Crippen molar-refractivity contribution >= 4 is 24.1 Å². The van der Waals surface area contributed by atoms with E-state index in [2.05, 4.69) is 24.1 Å². The highest BCUT2D eigenvalue weighted by Gasteiger charge is 2.38. The van der Waals surface area contributed by atoms with Crippen LogP contribution in [0.5, 0.6) is 5.75 Å². The van der Waals surface area contributed by atoms with Crippen molar-refractivity contribution in [3.05, 3.63) is 41.6 Å². The van der Waals surface area contributed by atoms with E-state index in [-0.39, 0.29) is 24.7 Å². The lowest BCUT2D eigenvalue weighted by molar-refractivity contribution is -0.125. The van der Waals surface area contributed by atoms with Gasteiger partial charge in [-0.1, -0.05) is 26.3 Å². The summed E-state index contributed by atoms with van der Waals surface area (Å²) in [6.07, 6.45) is 5.72. The minimum Gasteiger partial charge on any atom is -0.494 e. The molecule has 1 aromatic rings. The zero-order valence-electron chi connectivity index (χ0n) is 18.9. The van der Waals surface area contributed by atoms with Crippen LogP contribution in [0.3, 0.4) is 0 Å². The predicted octanol–water partition coefficient (Wildman–Crippen LogP) is 3.18. The van der Waals surface area contributed by atoms with Crippen molar-refractivity contribution in [2.45, 2.75) is 64.8 Å². The highest BCUT2D eigenvalue weighted by molar-refractivity contribution is 6.21. The fraction of sp³-hybridized carbons (Fsp3) is 0.500. The quantitative estimate of drug-likeness (QED) is 0.245. The largest absolute Gasteiger partial charge is 0.494 e. The maximum Gasteiger partial charge on any atom is 0.261 e. The fourth-order valence-electron chi connectivity index (χ4n) is 3.50. The molecule has 1 aliphatic rings. The SMILES string of the molecule is C=C(CC)NCCCCCCOc1ccc2c(c1)C(=O)N(C(C)CCC(=O)NC=O)C2=O. The lowest BCUT2D eigenvalue weighted by Gasteiger charge is -2.22. The molecule has 0 spiro atoms. The van der Waals surface area contributed by atoms with Crippen LogP contribution < -0.4 is 15.4 Å². The van der Waals surface area contributed by atoms with Crippen LogP contribution >= 0.6 is 0 Å². The molecule has 2 N–H and O–H groups in total. The van der Waals surface area contributed by atoms with Crippen molar-refractivity contribution in [3.63, 3.8) is 0 Å². The number of hydrogen-bond acceptors (Lipinski definition) is 6. The molecule has 174 valence electrons. The highest BCUT2D eigenvalue weighted by Crippen LogP contribution is 2.29. The average Bonchev–Trinajstić information content (AvgIpc) is 3.03. The summed E-state index contributed by atoms with van der Waals surface area (Å²) >= 11 is 0. The lowest BCUT2D eigenvalue weighted by Crippen LogP contribution is -2.38. The molecule has 0 aromatic heterocycles. The van der Waals surface area contributed by atoms with Gasteiger partial charge in [0.1, 0.15) is 5.75 Å². The van der Waals surface area contributed by atoms with Gasteiger partial charge in [0, 0.05) is 24.7 Å². The first-order valence-electron chi connectivity index (χ1n) is 11.2. The number of ether oxygens (including phenoxy) is 1. The summed E-state index contributed by atoms with van der Waals surface area (Å²) in [6.45, 7) is 9.18. The van der Waals surface area contributed by atoms with E-state index in [1.807, 2.05) is 0 Å². The molecule has 1 aromatic carbocycles. The topological polar surface area (TPSA) is 105 Å². The Labute approximate surface area is 189 Å². The number of amides is 4. The number of allylic oxidation sites excluding steroid dienone is 1. The third-order valence-electron chi connectivity index (χ3n) is 5.48. The van der Waals surface area contributed by atoms with E-state index in [0.717, 1.165) is 44.3 Å². The molecular weight excluding hydrogens is 410 g/mol. The van der Waals surface area contributed by atoms with E-state index < -0.39 is 11.9 Å². The van der Waals surface area contributed by atoms with Crippen LogP contribution in [0.1, 0.15) is 79.5 Å². The summed E-state index contributed by atoms with van der Waals surface area (Å²) in [5.74, 6) is -0.647. The summed E-state index contributed by atoms with van der Waals surface area (Å²) in [6, 6.07) is 4.47. The van der Waals surface area contributed by atoms with E-state index in [9.17, 15) is 19.2 Å². The molecule has 0 bridgehead atoms. The lowest BCUT2D eigenvalue weighted by atomic mass is 10.1. The van der Waals surface area contributed by atoms with Gasteiger partial charge in [-0.25, -0.2) is 0 Å². The molecule has 0 radical (unpaired) electrons. The van der Waals surface area contributed by atoms with Gasteiger partial charge < -0.3 is 10.1 Å². The van der Waals surface area contributed by atoms with Crippen LogP contribution in [0.25, 0.3) is 0 Å². The first kappa shape index (κ1) is 25.1. The number of hydrogen-bond donors (Lipinski definition) is 2. The summed E-state index contributed by atoms with van der Waals surface area (Å²) in [5, 5.41) is 5.34. The normalized spacial score (nSPS) is 13.5. The zero-order valence-corrected chi connectivity index (χ0v) is 18.9. The Bertz CT molecular complexity index is 852. The Balaban J connectivity index is 1.80. The molecule has 4 amide bonds. The fourth-order valence-corrected chi connectivity index (χ4v) is 3.50. The number of nitrogens with zero attached hydrogens (tertiary/aromatic N) is 1. The van der Waals surface area contributed by atoms with Gasteiger partial charge in [-0.3, -0.25) is 29.4 Å². The number of imide groups is 2. The van der Waals surface area contributed by atoms with Crippen LogP contribution in [-0.2, 0) is 9.59 Å². The Hall–Kier alpha value is -3.16. The predicted molar refractivity (Wildman–Crippen MR) is 121 cm³/mol. The molecule has 1 unspecified atom stereocenters. The Morgan fingerprint density at radius 1 is 1.16 bits per heavy atom. The van der Waals surface area contributed by atoms with Crippen LogP contribution in [0.4, 0.5) is 0 Å². The van der Waals surface area contributed by atoms with E-state index >= 15 is 0 Å². The van der Waals surface area contributed by atoms with Gasteiger partial charge in [-0.15, -0.1) is 0 Å². The Morgan fingerprint density at radius 3 is 2.59 bits per heavy atom. The second kappa shape index (κ2) is 12.6. The second-order valence-corrected chi connectivity index (χ2v) is 7.91. The molecular formula is C24H33N3O5. The van der Waals surface area contributed by atoms with Gasteiger partial charge in [0.15, 0.2) is 0 Å². The van der Waals surface area contributed by atoms with Crippen LogP contribution in [0.15, 0.2) is 30.5 Å². The number of nitrogens with one attached hydrogen (secondary N) is 2. The number of benzene rings is 1. The van der Waals surface area contributed by atoms with Gasteiger partial charge in [0.2, 0.25) is 12.3 Å². The molecule has 8 nitrogen and oxygen atoms in total. The molecule has 0 saturated carbocycles. The first-order chi connectivity index (χ1) is 15.4. The molecule has 1 aliphatic heterocycles. The van der Waals surface area contributed by atoms with Crippen molar-refractivity contribution in [2.75, 3.05) is 13.2 Å². The smallest absolute Gasteiger partial charge is 0.261 e. The maximum atomic E-state index is 12.8. The van der Waals surface area contributed by atoms with Crippen LogP contribution in [0, 0.1) is 0 Å². The molecule has 0 saturated heterocycles. The summed E-state index contributed by atoms with van der Waals surface area (Å²) in [4.78, 5) is 48.4. The second-order valence-electron chi connectivity index (χ2n) is 7.91. The van der Waals surface area contributed by atoms with Gasteiger partial charge in [-0.05, 0) is 50.8 Å². The minimum absolute atomic E-state index is 0.0467. The minimum atomic E-state index is -0.465. The summed E-state index contributed by atoms with van der Waals surface area (Å²) < 4.78 is 5.78. The highest BCUT2D eigenvalue weighted by atomic mass is 16.5. The van der Waals surface area contributed by atoms with Crippen molar-refractivity contribution in [1.29, 1.82) is 0 Å². The number of rotatable bonds is 15. The maximum absolute atomic E-state index is 12.8. The zero-order chi connectivity index (χ0) is 23.5. The third-order valence-corrected chi connectivity index (χ3v) is 5.48. The molecule has 2 rings (SSSR count). The molecule has 0 aliphatic carbocycles. The van der Waals surface area contributed by atoms with E-state index in [4.69, 9.17) is 4.74 Å². The monoisotopic (exact) mass is 443 g/mol. The third kappa shape index (κ3) is 6.93. The number of carbonyl (C=O) groups excluding carboxylic acids is 4. The molecule has 8 heteroatoms. The van der Waals surface area contributed by atoms with Crippen molar-refractivity contribution in [2.24, 2.45) is 0 Å². The molecule has 0 fully saturated rings. The van der Waals surface area contributed by atoms with Crippen LogP contribution in [-0.4, -0.2) is 48.2 Å². The number of fused-ring (bicyclic) bond motifs is 1. The summed E-state index contributed by atoms with van der Waals surface area (Å²) in [5.41, 5.74) is 1.72. The van der Waals surface area contributed by atoms with Gasteiger partial charge >= 0.3 is 0 Å². The van der Waals surface area contributed by atoms with Crippen molar-refractivity contribution in [1.82, 2.24) is 15.5 Å². The molecule has 1 heterocycles.